The predicted octanol–water partition coefficient (Wildman–Crippen LogP) is -0.221. The minimum absolute atomic E-state index is 0.0148. The summed E-state index contributed by atoms with van der Waals surface area (Å²) < 4.78 is 1.20. The largest absolute Gasteiger partial charge is 0.618 e. The Bertz CT molecular complexity index is 779. The topological polar surface area (TPSA) is 119 Å². The summed E-state index contributed by atoms with van der Waals surface area (Å²) in [5.41, 5.74) is 2.71. The van der Waals surface area contributed by atoms with Gasteiger partial charge in [-0.1, -0.05) is 12.1 Å². The fourth-order valence-electron chi connectivity index (χ4n) is 1.79. The lowest BCUT2D eigenvalue weighted by Crippen LogP contribution is -2.44. The van der Waals surface area contributed by atoms with Crippen LogP contribution in [-0.2, 0) is 4.79 Å². The molecule has 106 valence electrons. The van der Waals surface area contributed by atoms with Gasteiger partial charge in [0.1, 0.15) is 12.6 Å². The van der Waals surface area contributed by atoms with Gasteiger partial charge in [0.25, 0.3) is 22.6 Å². The third kappa shape index (κ3) is 2.71. The number of aromatic nitrogens is 2. The van der Waals surface area contributed by atoms with Gasteiger partial charge in [0.2, 0.25) is 0 Å². The molecule has 2 rings (SSSR count). The zero-order valence-corrected chi connectivity index (χ0v) is 11.1. The van der Waals surface area contributed by atoms with Crippen molar-refractivity contribution in [3.63, 3.8) is 0 Å². The van der Waals surface area contributed by atoms with Crippen LogP contribution in [0.2, 0.25) is 0 Å². The molecule has 1 aromatic heterocycles. The van der Waals surface area contributed by atoms with Crippen molar-refractivity contribution in [2.45, 2.75) is 13.3 Å². The van der Waals surface area contributed by atoms with Gasteiger partial charge in [0, 0.05) is 19.1 Å². The van der Waals surface area contributed by atoms with Gasteiger partial charge in [-0.15, -0.1) is 0 Å². The number of para-hydroxylation sites is 2. The Hall–Kier alpha value is -3.21. The molecule has 0 aliphatic rings. The number of benzene rings is 1. The fourth-order valence-corrected chi connectivity index (χ4v) is 1.79. The minimum Gasteiger partial charge on any atom is -0.618 e. The maximum absolute atomic E-state index is 12.2. The number of hydrogen-bond acceptors (Lipinski definition) is 5. The van der Waals surface area contributed by atoms with Crippen LogP contribution in [0.25, 0.3) is 11.0 Å². The van der Waals surface area contributed by atoms with Crippen LogP contribution in [-0.4, -0.2) is 12.1 Å². The monoisotopic (exact) mass is 285 g/mol. The summed E-state index contributed by atoms with van der Waals surface area (Å²) in [6.07, 6.45) is 0.741. The maximum Gasteiger partial charge on any atom is 0.305 e. The summed E-state index contributed by atoms with van der Waals surface area (Å²) in [5, 5.41) is 36.2. The van der Waals surface area contributed by atoms with Gasteiger partial charge in [-0.2, -0.15) is 19.8 Å². The molecule has 0 unspecified atom stereocenters. The average Bonchev–Trinajstić information content (AvgIpc) is 2.49. The normalized spacial score (nSPS) is 10.7. The van der Waals surface area contributed by atoms with Gasteiger partial charge in [0.05, 0.1) is 6.07 Å². The molecule has 1 heterocycles. The molecule has 1 aromatic carbocycles. The number of rotatable bonds is 3. The fraction of sp³-hybridized carbons (Fsp3) is 0.154. The number of nitrogens with one attached hydrogen (secondary N) is 1. The second kappa shape index (κ2) is 5.83. The summed E-state index contributed by atoms with van der Waals surface area (Å²) in [5.74, 6) is -0.598. The van der Waals surface area contributed by atoms with Crippen LogP contribution in [0.15, 0.2) is 29.4 Å². The number of hydrogen-bond donors (Lipinski definition) is 1. The molecule has 0 aliphatic carbocycles. The lowest BCUT2D eigenvalue weighted by molar-refractivity contribution is -0.634. The molecule has 0 aliphatic heterocycles. The first-order chi connectivity index (χ1) is 10.1. The van der Waals surface area contributed by atoms with Crippen molar-refractivity contribution in [1.29, 1.82) is 5.26 Å². The Morgan fingerprint density at radius 1 is 1.38 bits per heavy atom. The number of amides is 1. The quantitative estimate of drug-likeness (QED) is 0.363. The van der Waals surface area contributed by atoms with Gasteiger partial charge in [-0.05, 0) is 0 Å². The molecule has 8 nitrogen and oxygen atoms in total. The second-order valence-corrected chi connectivity index (χ2v) is 4.18. The van der Waals surface area contributed by atoms with Crippen molar-refractivity contribution in [3.05, 3.63) is 46.1 Å². The third-order valence-corrected chi connectivity index (χ3v) is 2.83. The number of fused-ring (bicyclic) bond motifs is 1. The van der Waals surface area contributed by atoms with E-state index in [0.29, 0.717) is 9.46 Å². The van der Waals surface area contributed by atoms with E-state index in [1.54, 1.807) is 24.3 Å². The summed E-state index contributed by atoms with van der Waals surface area (Å²) in [6.45, 7) is 1.48. The SMILES string of the molecule is Cc1c(C=NNC(=O)CC#N)[n+]([O-])c2ccccc2[n+]1[O-]. The van der Waals surface area contributed by atoms with E-state index in [-0.39, 0.29) is 28.8 Å². The summed E-state index contributed by atoms with van der Waals surface area (Å²) in [4.78, 5) is 11.1. The van der Waals surface area contributed by atoms with E-state index in [2.05, 4.69) is 10.5 Å². The van der Waals surface area contributed by atoms with Crippen molar-refractivity contribution in [2.24, 2.45) is 5.10 Å². The smallest absolute Gasteiger partial charge is 0.305 e. The highest BCUT2D eigenvalue weighted by Crippen LogP contribution is 2.07. The van der Waals surface area contributed by atoms with Crippen LogP contribution < -0.4 is 14.9 Å². The summed E-state index contributed by atoms with van der Waals surface area (Å²) in [6, 6.07) is 8.02. The van der Waals surface area contributed by atoms with Crippen molar-refractivity contribution < 1.29 is 14.3 Å². The Balaban J connectivity index is 2.43. The van der Waals surface area contributed by atoms with Crippen LogP contribution in [0.1, 0.15) is 17.8 Å². The zero-order valence-electron chi connectivity index (χ0n) is 11.1. The van der Waals surface area contributed by atoms with E-state index in [4.69, 9.17) is 5.26 Å². The number of carbonyl (C=O) groups excluding carboxylic acids is 1. The molecule has 8 heteroatoms. The molecule has 0 spiro atoms. The molecule has 0 saturated carbocycles. The van der Waals surface area contributed by atoms with Crippen LogP contribution in [0.4, 0.5) is 0 Å². The Kier molecular flexibility index (Phi) is 3.95. The van der Waals surface area contributed by atoms with E-state index in [1.165, 1.54) is 13.0 Å². The highest BCUT2D eigenvalue weighted by Gasteiger charge is 2.23. The lowest BCUT2D eigenvalue weighted by atomic mass is 10.2. The molecule has 2 aromatic rings. The highest BCUT2D eigenvalue weighted by molar-refractivity contribution is 5.82. The van der Waals surface area contributed by atoms with Crippen molar-refractivity contribution in [3.8, 4) is 6.07 Å². The molecule has 1 N–H and O–H groups in total. The van der Waals surface area contributed by atoms with Crippen LogP contribution in [0.5, 0.6) is 0 Å². The van der Waals surface area contributed by atoms with E-state index < -0.39 is 5.91 Å². The third-order valence-electron chi connectivity index (χ3n) is 2.83. The molecule has 0 bridgehead atoms. The van der Waals surface area contributed by atoms with Gasteiger partial charge in [-0.25, -0.2) is 5.43 Å². The number of nitriles is 1. The Labute approximate surface area is 119 Å². The zero-order chi connectivity index (χ0) is 15.4. The van der Waals surface area contributed by atoms with E-state index >= 15 is 0 Å². The van der Waals surface area contributed by atoms with Gasteiger partial charge >= 0.3 is 5.69 Å². The van der Waals surface area contributed by atoms with Crippen LogP contribution >= 0.6 is 0 Å². The first-order valence-corrected chi connectivity index (χ1v) is 5.99. The lowest BCUT2D eigenvalue weighted by Gasteiger charge is -2.08. The molecule has 0 atom stereocenters. The minimum atomic E-state index is -0.598. The molecular weight excluding hydrogens is 274 g/mol. The summed E-state index contributed by atoms with van der Waals surface area (Å²) in [7, 11) is 0. The van der Waals surface area contributed by atoms with Crippen LogP contribution in [0.3, 0.4) is 0 Å². The van der Waals surface area contributed by atoms with Crippen molar-refractivity contribution in [1.82, 2.24) is 5.43 Å². The highest BCUT2D eigenvalue weighted by atomic mass is 16.5. The number of carbonyl (C=O) groups is 1. The van der Waals surface area contributed by atoms with Crippen LogP contribution in [0, 0.1) is 28.7 Å². The van der Waals surface area contributed by atoms with Gasteiger partial charge < -0.3 is 10.4 Å². The Morgan fingerprint density at radius 3 is 2.62 bits per heavy atom. The first-order valence-electron chi connectivity index (χ1n) is 5.99. The molecule has 0 radical (unpaired) electrons. The molecule has 0 saturated heterocycles. The predicted molar refractivity (Wildman–Crippen MR) is 72.6 cm³/mol. The van der Waals surface area contributed by atoms with Gasteiger partial charge in [-0.3, -0.25) is 4.79 Å². The standard InChI is InChI=1S/C13H11N5O3/c1-9-12(8-15-16-13(19)6-7-14)18(21)11-5-3-2-4-10(11)17(9)20/h2-5,8H,6H2,1H3,(H,16,19). The number of hydrazone groups is 1. The summed E-state index contributed by atoms with van der Waals surface area (Å²) >= 11 is 0. The molecule has 1 amide bonds. The van der Waals surface area contributed by atoms with E-state index in [0.717, 1.165) is 6.21 Å². The van der Waals surface area contributed by atoms with E-state index in [9.17, 15) is 15.2 Å². The second-order valence-electron chi connectivity index (χ2n) is 4.18. The number of nitrogens with zero attached hydrogens (tertiary/aromatic N) is 4. The van der Waals surface area contributed by atoms with Gasteiger partial charge in [0.15, 0.2) is 0 Å². The average molecular weight is 285 g/mol. The molecular formula is C13H11N5O3. The Morgan fingerprint density at radius 2 is 2.00 bits per heavy atom. The van der Waals surface area contributed by atoms with E-state index in [1.807, 2.05) is 0 Å². The molecule has 21 heavy (non-hydrogen) atoms. The molecule has 0 fully saturated rings. The first kappa shape index (κ1) is 14.2. The maximum atomic E-state index is 12.2. The van der Waals surface area contributed by atoms with Crippen molar-refractivity contribution >= 4 is 23.2 Å². The van der Waals surface area contributed by atoms with Crippen molar-refractivity contribution in [2.75, 3.05) is 0 Å².